The summed E-state index contributed by atoms with van der Waals surface area (Å²) in [5, 5.41) is 9.87. The Bertz CT molecular complexity index is 1160. The number of hydrogen-bond donors (Lipinski definition) is 2. The lowest BCUT2D eigenvalue weighted by molar-refractivity contribution is 0.0635. The zero-order valence-electron chi connectivity index (χ0n) is 20.3. The van der Waals surface area contributed by atoms with Gasteiger partial charge in [0.1, 0.15) is 11.3 Å². The van der Waals surface area contributed by atoms with E-state index in [2.05, 4.69) is 30.7 Å². The molecule has 0 saturated heterocycles. The molecule has 3 aromatic rings. The zero-order chi connectivity index (χ0) is 25.1. The molecule has 11 nitrogen and oxygen atoms in total. The van der Waals surface area contributed by atoms with Gasteiger partial charge in [-0.3, -0.25) is 15.1 Å². The third kappa shape index (κ3) is 6.50. The van der Waals surface area contributed by atoms with Gasteiger partial charge in [-0.25, -0.2) is 19.4 Å². The van der Waals surface area contributed by atoms with Gasteiger partial charge in [0.2, 0.25) is 11.7 Å². The lowest BCUT2D eigenvalue weighted by Gasteiger charge is -2.19. The van der Waals surface area contributed by atoms with Gasteiger partial charge in [-0.15, -0.1) is 5.10 Å². The molecule has 2 N–H and O–H groups in total. The minimum atomic E-state index is -0.621. The molecule has 0 fully saturated rings. The van der Waals surface area contributed by atoms with Crippen LogP contribution >= 0.6 is 0 Å². The molecule has 0 aliphatic carbocycles. The summed E-state index contributed by atoms with van der Waals surface area (Å²) in [5.74, 6) is 0.331. The number of pyridine rings is 2. The van der Waals surface area contributed by atoms with Crippen LogP contribution in [0.1, 0.15) is 52.2 Å². The molecule has 11 heteroatoms. The second kappa shape index (κ2) is 9.46. The Morgan fingerprint density at radius 1 is 0.971 bits per heavy atom. The van der Waals surface area contributed by atoms with Gasteiger partial charge < -0.3 is 14.8 Å². The van der Waals surface area contributed by atoms with Gasteiger partial charge in [-0.2, -0.15) is 0 Å². The molecule has 0 unspecified atom stereocenters. The maximum absolute atomic E-state index is 12.7. The number of nitrogens with one attached hydrogen (secondary N) is 2. The van der Waals surface area contributed by atoms with E-state index in [4.69, 9.17) is 9.47 Å². The summed E-state index contributed by atoms with van der Waals surface area (Å²) in [4.78, 5) is 37.8. The Morgan fingerprint density at radius 3 is 2.24 bits per heavy atom. The molecule has 2 amide bonds. The van der Waals surface area contributed by atoms with E-state index < -0.39 is 23.1 Å². The first kappa shape index (κ1) is 24.6. The molecule has 3 aromatic heterocycles. The third-order valence-electron chi connectivity index (χ3n) is 4.11. The number of anilines is 1. The second-order valence-corrected chi connectivity index (χ2v) is 9.49. The van der Waals surface area contributed by atoms with Gasteiger partial charge in [-0.05, 0) is 59.7 Å². The van der Waals surface area contributed by atoms with Gasteiger partial charge in [0.15, 0.2) is 5.82 Å². The first-order valence-electron chi connectivity index (χ1n) is 10.6. The number of carbonyl (C=O) groups is 2. The average Bonchev–Trinajstić information content (AvgIpc) is 3.17. The van der Waals surface area contributed by atoms with Crippen LogP contribution in [-0.2, 0) is 4.74 Å². The predicted molar refractivity (Wildman–Crippen MR) is 126 cm³/mol. The maximum Gasteiger partial charge on any atom is 0.412 e. The first-order chi connectivity index (χ1) is 15.8. The van der Waals surface area contributed by atoms with Crippen LogP contribution in [0.2, 0.25) is 0 Å². The maximum atomic E-state index is 12.7. The van der Waals surface area contributed by atoms with Crippen LogP contribution in [-0.4, -0.2) is 55.0 Å². The van der Waals surface area contributed by atoms with Crippen LogP contribution < -0.4 is 15.4 Å². The van der Waals surface area contributed by atoms with Crippen LogP contribution in [0.5, 0.6) is 5.88 Å². The van der Waals surface area contributed by atoms with Crippen molar-refractivity contribution in [1.29, 1.82) is 0 Å². The summed E-state index contributed by atoms with van der Waals surface area (Å²) in [7, 11) is 1.52. The van der Waals surface area contributed by atoms with E-state index in [9.17, 15) is 9.59 Å². The molecule has 0 aromatic carbocycles. The molecular weight excluding hydrogens is 438 g/mol. The van der Waals surface area contributed by atoms with Gasteiger partial charge in [0, 0.05) is 11.6 Å². The van der Waals surface area contributed by atoms with E-state index in [0.29, 0.717) is 28.8 Å². The fraction of sp³-hybridized carbons (Fsp3) is 0.391. The fourth-order valence-corrected chi connectivity index (χ4v) is 2.79. The van der Waals surface area contributed by atoms with Crippen molar-refractivity contribution in [1.82, 2.24) is 30.0 Å². The van der Waals surface area contributed by atoms with Crippen molar-refractivity contribution in [3.8, 4) is 23.1 Å². The van der Waals surface area contributed by atoms with Crippen molar-refractivity contribution in [2.24, 2.45) is 0 Å². The molecule has 3 rings (SSSR count). The van der Waals surface area contributed by atoms with Crippen molar-refractivity contribution < 1.29 is 19.1 Å². The van der Waals surface area contributed by atoms with Crippen LogP contribution in [0.15, 0.2) is 36.7 Å². The van der Waals surface area contributed by atoms with E-state index >= 15 is 0 Å². The smallest absolute Gasteiger partial charge is 0.412 e. The standard InChI is InChI=1S/C23H29N7O4/c1-22(2,3)28-20(31)18-27-19(30(29-18)15-9-11-17(33-7)25-13-15)16-10-8-14(12-24-16)26-21(32)34-23(4,5)6/h8-13H,1-7H3,(H,26,32)(H,28,31). The van der Waals surface area contributed by atoms with Crippen LogP contribution in [0.4, 0.5) is 10.5 Å². The molecule has 0 aliphatic heterocycles. The summed E-state index contributed by atoms with van der Waals surface area (Å²) < 4.78 is 11.9. The van der Waals surface area contributed by atoms with E-state index in [1.165, 1.54) is 18.0 Å². The number of methoxy groups -OCH3 is 1. The number of hydrogen-bond acceptors (Lipinski definition) is 8. The van der Waals surface area contributed by atoms with Crippen molar-refractivity contribution in [2.75, 3.05) is 12.4 Å². The van der Waals surface area contributed by atoms with Crippen LogP contribution in [0.25, 0.3) is 17.2 Å². The highest BCUT2D eigenvalue weighted by molar-refractivity contribution is 5.91. The van der Waals surface area contributed by atoms with Crippen LogP contribution in [0.3, 0.4) is 0 Å². The highest BCUT2D eigenvalue weighted by Gasteiger charge is 2.23. The monoisotopic (exact) mass is 467 g/mol. The SMILES string of the molecule is COc1ccc(-n2nc(C(=O)NC(C)(C)C)nc2-c2ccc(NC(=O)OC(C)(C)C)cn2)cn1. The molecule has 0 atom stereocenters. The molecule has 0 spiro atoms. The Labute approximate surface area is 197 Å². The van der Waals surface area contributed by atoms with E-state index in [-0.39, 0.29) is 5.82 Å². The van der Waals surface area contributed by atoms with E-state index in [0.717, 1.165) is 0 Å². The van der Waals surface area contributed by atoms with E-state index in [1.54, 1.807) is 51.2 Å². The van der Waals surface area contributed by atoms with Crippen molar-refractivity contribution in [3.63, 3.8) is 0 Å². The fourth-order valence-electron chi connectivity index (χ4n) is 2.79. The number of nitrogens with zero attached hydrogens (tertiary/aromatic N) is 5. The minimum absolute atomic E-state index is 0.0153. The summed E-state index contributed by atoms with van der Waals surface area (Å²) in [6.07, 6.45) is 2.44. The molecular formula is C23H29N7O4. The molecule has 34 heavy (non-hydrogen) atoms. The average molecular weight is 468 g/mol. The van der Waals surface area contributed by atoms with E-state index in [1.807, 2.05) is 20.8 Å². The topological polar surface area (TPSA) is 133 Å². The second-order valence-electron chi connectivity index (χ2n) is 9.49. The highest BCUT2D eigenvalue weighted by atomic mass is 16.6. The quantitative estimate of drug-likeness (QED) is 0.581. The Hall–Kier alpha value is -4.02. The number of ether oxygens (including phenoxy) is 2. The Balaban J connectivity index is 1.95. The lowest BCUT2D eigenvalue weighted by atomic mass is 10.1. The summed E-state index contributed by atoms with van der Waals surface area (Å²) in [5.41, 5.74) is 0.367. The first-order valence-corrected chi connectivity index (χ1v) is 10.6. The van der Waals surface area contributed by atoms with Gasteiger partial charge in [-0.1, -0.05) is 0 Å². The molecule has 0 bridgehead atoms. The van der Waals surface area contributed by atoms with Gasteiger partial charge in [0.25, 0.3) is 5.91 Å². The molecule has 0 aliphatic rings. The van der Waals surface area contributed by atoms with Crippen molar-refractivity contribution in [3.05, 3.63) is 42.5 Å². The number of amides is 2. The molecule has 0 saturated carbocycles. The number of aromatic nitrogens is 5. The summed E-state index contributed by atoms with van der Waals surface area (Å²) in [6, 6.07) is 6.74. The van der Waals surface area contributed by atoms with Gasteiger partial charge >= 0.3 is 6.09 Å². The Morgan fingerprint density at radius 2 is 1.71 bits per heavy atom. The minimum Gasteiger partial charge on any atom is -0.481 e. The number of rotatable bonds is 5. The highest BCUT2D eigenvalue weighted by Crippen LogP contribution is 2.22. The number of carbonyl (C=O) groups excluding carboxylic acids is 2. The van der Waals surface area contributed by atoms with Crippen molar-refractivity contribution in [2.45, 2.75) is 52.7 Å². The lowest BCUT2D eigenvalue weighted by Crippen LogP contribution is -2.41. The zero-order valence-corrected chi connectivity index (χ0v) is 20.3. The summed E-state index contributed by atoms with van der Waals surface area (Å²) in [6.45, 7) is 10.9. The third-order valence-corrected chi connectivity index (χ3v) is 4.11. The molecule has 180 valence electrons. The predicted octanol–water partition coefficient (Wildman–Crippen LogP) is 3.61. The molecule has 3 heterocycles. The normalized spacial score (nSPS) is 11.6. The van der Waals surface area contributed by atoms with Gasteiger partial charge in [0.05, 0.1) is 30.9 Å². The largest absolute Gasteiger partial charge is 0.481 e. The van der Waals surface area contributed by atoms with Crippen LogP contribution in [0, 0.1) is 0 Å². The summed E-state index contributed by atoms with van der Waals surface area (Å²) >= 11 is 0. The Kier molecular flexibility index (Phi) is 6.85. The molecule has 0 radical (unpaired) electrons. The van der Waals surface area contributed by atoms with Crippen molar-refractivity contribution >= 4 is 17.7 Å².